The standard InChI is InChI=1S/C27H37N3O4S/c1-3-20-12-14-21(15-13-20)25(27(33)29-22-9-5-6-10-22)30(16-8-17-34-4-2)24(31)19-28-26(32)23-11-7-18-35-23/h7,11-15,18,22,25H,3-6,8-10,16-17,19H2,1-2H3,(H,28,32)(H,29,33). The van der Waals surface area contributed by atoms with E-state index in [1.165, 1.54) is 16.9 Å². The van der Waals surface area contributed by atoms with Gasteiger partial charge < -0.3 is 20.3 Å². The Morgan fingerprint density at radius 3 is 2.49 bits per heavy atom. The lowest BCUT2D eigenvalue weighted by Gasteiger charge is -2.32. The number of ether oxygens (including phenoxy) is 1. The van der Waals surface area contributed by atoms with Crippen LogP contribution in [0.1, 0.15) is 72.8 Å². The molecule has 35 heavy (non-hydrogen) atoms. The lowest BCUT2D eigenvalue weighted by molar-refractivity contribution is -0.140. The minimum atomic E-state index is -0.769. The van der Waals surface area contributed by atoms with Crippen LogP contribution in [0.4, 0.5) is 0 Å². The van der Waals surface area contributed by atoms with Gasteiger partial charge in [-0.15, -0.1) is 11.3 Å². The van der Waals surface area contributed by atoms with Gasteiger partial charge in [0, 0.05) is 25.8 Å². The number of nitrogens with one attached hydrogen (secondary N) is 2. The predicted octanol–water partition coefficient (Wildman–Crippen LogP) is 4.10. The monoisotopic (exact) mass is 499 g/mol. The van der Waals surface area contributed by atoms with E-state index in [2.05, 4.69) is 17.6 Å². The first-order valence-corrected chi connectivity index (χ1v) is 13.5. The number of rotatable bonds is 13. The summed E-state index contributed by atoms with van der Waals surface area (Å²) in [5.74, 6) is -0.755. The zero-order valence-corrected chi connectivity index (χ0v) is 21.6. The first kappa shape index (κ1) is 26.9. The zero-order chi connectivity index (χ0) is 25.0. The van der Waals surface area contributed by atoms with E-state index in [0.717, 1.165) is 37.7 Å². The molecule has 1 aromatic carbocycles. The number of nitrogens with zero attached hydrogens (tertiary/aromatic N) is 1. The molecule has 1 atom stereocenters. The van der Waals surface area contributed by atoms with E-state index in [0.29, 0.717) is 31.1 Å². The summed E-state index contributed by atoms with van der Waals surface area (Å²) in [6, 6.07) is 10.8. The third kappa shape index (κ3) is 7.90. The summed E-state index contributed by atoms with van der Waals surface area (Å²) in [6.45, 7) is 5.27. The lowest BCUT2D eigenvalue weighted by atomic mass is 10.0. The van der Waals surface area contributed by atoms with E-state index in [1.807, 2.05) is 36.6 Å². The van der Waals surface area contributed by atoms with Crippen molar-refractivity contribution in [3.05, 3.63) is 57.8 Å². The highest BCUT2D eigenvalue weighted by molar-refractivity contribution is 7.12. The molecule has 7 nitrogen and oxygen atoms in total. The molecular weight excluding hydrogens is 462 g/mol. The number of hydrogen-bond donors (Lipinski definition) is 2. The van der Waals surface area contributed by atoms with Crippen molar-refractivity contribution in [2.45, 2.75) is 64.5 Å². The summed E-state index contributed by atoms with van der Waals surface area (Å²) in [7, 11) is 0. The molecule has 2 N–H and O–H groups in total. The van der Waals surface area contributed by atoms with Gasteiger partial charge in [-0.3, -0.25) is 14.4 Å². The molecule has 190 valence electrons. The first-order chi connectivity index (χ1) is 17.0. The van der Waals surface area contributed by atoms with E-state index in [-0.39, 0.29) is 30.3 Å². The van der Waals surface area contributed by atoms with Gasteiger partial charge in [-0.1, -0.05) is 50.1 Å². The molecule has 1 aliphatic carbocycles. The molecule has 1 aromatic heterocycles. The normalized spacial score (nSPS) is 14.5. The number of amides is 3. The van der Waals surface area contributed by atoms with E-state index in [1.54, 1.807) is 17.0 Å². The molecule has 1 saturated carbocycles. The Balaban J connectivity index is 1.82. The Morgan fingerprint density at radius 1 is 1.11 bits per heavy atom. The maximum Gasteiger partial charge on any atom is 0.261 e. The molecule has 0 spiro atoms. The Hall–Kier alpha value is -2.71. The molecule has 0 saturated heterocycles. The minimum Gasteiger partial charge on any atom is -0.382 e. The van der Waals surface area contributed by atoms with Crippen LogP contribution in [0.2, 0.25) is 0 Å². The molecule has 0 bridgehead atoms. The van der Waals surface area contributed by atoms with Gasteiger partial charge >= 0.3 is 0 Å². The van der Waals surface area contributed by atoms with Crippen LogP contribution in [-0.2, 0) is 20.7 Å². The number of hydrogen-bond acceptors (Lipinski definition) is 5. The van der Waals surface area contributed by atoms with Crippen molar-refractivity contribution in [1.82, 2.24) is 15.5 Å². The Bertz CT molecular complexity index is 940. The molecule has 0 radical (unpaired) electrons. The number of aryl methyl sites for hydroxylation is 1. The summed E-state index contributed by atoms with van der Waals surface area (Å²) in [6.07, 6.45) is 5.62. The molecule has 3 amide bonds. The molecule has 1 fully saturated rings. The van der Waals surface area contributed by atoms with Crippen LogP contribution in [0, 0.1) is 0 Å². The Morgan fingerprint density at radius 2 is 1.86 bits per heavy atom. The average molecular weight is 500 g/mol. The van der Waals surface area contributed by atoms with Crippen LogP contribution < -0.4 is 10.6 Å². The third-order valence-electron chi connectivity index (χ3n) is 6.32. The maximum absolute atomic E-state index is 13.6. The van der Waals surface area contributed by atoms with Crippen LogP contribution >= 0.6 is 11.3 Å². The van der Waals surface area contributed by atoms with Gasteiger partial charge in [0.1, 0.15) is 6.04 Å². The van der Waals surface area contributed by atoms with Crippen LogP contribution in [0.15, 0.2) is 41.8 Å². The molecule has 0 aliphatic heterocycles. The predicted molar refractivity (Wildman–Crippen MR) is 138 cm³/mol. The van der Waals surface area contributed by atoms with Gasteiger partial charge in [-0.05, 0) is 55.2 Å². The van der Waals surface area contributed by atoms with E-state index in [9.17, 15) is 14.4 Å². The Labute approximate surface area is 212 Å². The number of carbonyl (C=O) groups is 3. The van der Waals surface area contributed by atoms with Gasteiger partial charge in [-0.2, -0.15) is 0 Å². The van der Waals surface area contributed by atoms with Gasteiger partial charge in [-0.25, -0.2) is 0 Å². The highest BCUT2D eigenvalue weighted by atomic mass is 32.1. The van der Waals surface area contributed by atoms with Gasteiger partial charge in [0.05, 0.1) is 11.4 Å². The summed E-state index contributed by atoms with van der Waals surface area (Å²) < 4.78 is 5.49. The second-order valence-corrected chi connectivity index (χ2v) is 9.73. The second kappa shape index (κ2) is 14.0. The Kier molecular flexibility index (Phi) is 10.8. The smallest absolute Gasteiger partial charge is 0.261 e. The second-order valence-electron chi connectivity index (χ2n) is 8.79. The van der Waals surface area contributed by atoms with Gasteiger partial charge in [0.2, 0.25) is 11.8 Å². The van der Waals surface area contributed by atoms with Crippen molar-refractivity contribution in [3.8, 4) is 0 Å². The fourth-order valence-corrected chi connectivity index (χ4v) is 5.03. The molecule has 2 aromatic rings. The summed E-state index contributed by atoms with van der Waals surface area (Å²) in [4.78, 5) is 41.6. The van der Waals surface area contributed by atoms with Crippen molar-refractivity contribution >= 4 is 29.1 Å². The van der Waals surface area contributed by atoms with Crippen LogP contribution in [-0.4, -0.2) is 55.0 Å². The van der Waals surface area contributed by atoms with Crippen LogP contribution in [0.3, 0.4) is 0 Å². The molecule has 3 rings (SSSR count). The van der Waals surface area contributed by atoms with Gasteiger partial charge in [0.25, 0.3) is 5.91 Å². The van der Waals surface area contributed by atoms with Crippen molar-refractivity contribution < 1.29 is 19.1 Å². The molecular formula is C27H37N3O4S. The van der Waals surface area contributed by atoms with E-state index in [4.69, 9.17) is 4.74 Å². The maximum atomic E-state index is 13.6. The first-order valence-electron chi connectivity index (χ1n) is 12.6. The third-order valence-corrected chi connectivity index (χ3v) is 7.19. The topological polar surface area (TPSA) is 87.7 Å². The summed E-state index contributed by atoms with van der Waals surface area (Å²) in [5, 5.41) is 7.72. The quantitative estimate of drug-likeness (QED) is 0.406. The number of benzene rings is 1. The van der Waals surface area contributed by atoms with Crippen molar-refractivity contribution in [3.63, 3.8) is 0 Å². The number of thiophene rings is 1. The fourth-order valence-electron chi connectivity index (χ4n) is 4.39. The van der Waals surface area contributed by atoms with Gasteiger partial charge in [0.15, 0.2) is 0 Å². The van der Waals surface area contributed by atoms with Crippen molar-refractivity contribution in [1.29, 1.82) is 0 Å². The summed E-state index contributed by atoms with van der Waals surface area (Å²) >= 11 is 1.32. The van der Waals surface area contributed by atoms with Crippen molar-refractivity contribution in [2.75, 3.05) is 26.3 Å². The molecule has 1 unspecified atom stereocenters. The van der Waals surface area contributed by atoms with E-state index >= 15 is 0 Å². The van der Waals surface area contributed by atoms with Crippen LogP contribution in [0.25, 0.3) is 0 Å². The number of carbonyl (C=O) groups excluding carboxylic acids is 3. The molecule has 8 heteroatoms. The lowest BCUT2D eigenvalue weighted by Crippen LogP contribution is -2.49. The zero-order valence-electron chi connectivity index (χ0n) is 20.8. The SMILES string of the molecule is CCOCCCN(C(=O)CNC(=O)c1cccs1)C(C(=O)NC1CCCC1)c1ccc(CC)cc1. The molecule has 1 heterocycles. The average Bonchev–Trinajstić information content (AvgIpc) is 3.59. The highest BCUT2D eigenvalue weighted by Gasteiger charge is 2.33. The minimum absolute atomic E-state index is 0.138. The van der Waals surface area contributed by atoms with Crippen molar-refractivity contribution in [2.24, 2.45) is 0 Å². The highest BCUT2D eigenvalue weighted by Crippen LogP contribution is 2.25. The largest absolute Gasteiger partial charge is 0.382 e. The fraction of sp³-hybridized carbons (Fsp3) is 0.519. The van der Waals surface area contributed by atoms with E-state index < -0.39 is 6.04 Å². The summed E-state index contributed by atoms with van der Waals surface area (Å²) in [5.41, 5.74) is 1.94. The molecule has 1 aliphatic rings. The van der Waals surface area contributed by atoms with Crippen LogP contribution in [0.5, 0.6) is 0 Å².